The number of aliphatic hydroxyl groups excluding tert-OH is 1. The van der Waals surface area contributed by atoms with Gasteiger partial charge in [-0.1, -0.05) is 44.2 Å². The Morgan fingerprint density at radius 2 is 2.05 bits per heavy atom. The lowest BCUT2D eigenvalue weighted by molar-refractivity contribution is -0.149. The third-order valence-electron chi connectivity index (χ3n) is 3.31. The topological polar surface area (TPSA) is 58.6 Å². The summed E-state index contributed by atoms with van der Waals surface area (Å²) >= 11 is 0. The zero-order chi connectivity index (χ0) is 14.8. The van der Waals surface area contributed by atoms with E-state index in [0.717, 1.165) is 12.0 Å². The van der Waals surface area contributed by atoms with Crippen molar-refractivity contribution in [1.29, 1.82) is 0 Å². The van der Waals surface area contributed by atoms with E-state index < -0.39 is 0 Å². The molecular weight excluding hydrogens is 254 g/mol. The molecule has 112 valence electrons. The highest BCUT2D eigenvalue weighted by Crippen LogP contribution is 2.05. The van der Waals surface area contributed by atoms with Crippen LogP contribution in [0.25, 0.3) is 0 Å². The van der Waals surface area contributed by atoms with Crippen molar-refractivity contribution in [2.45, 2.75) is 39.3 Å². The molecule has 1 rings (SSSR count). The lowest BCUT2D eigenvalue weighted by Crippen LogP contribution is -2.35. The van der Waals surface area contributed by atoms with E-state index in [9.17, 15) is 4.79 Å². The van der Waals surface area contributed by atoms with Gasteiger partial charge in [0.05, 0.1) is 5.92 Å². The number of carbonyl (C=O) groups excluding carboxylic acids is 1. The van der Waals surface area contributed by atoms with E-state index in [1.165, 1.54) is 0 Å². The second-order valence-electron chi connectivity index (χ2n) is 5.02. The minimum Gasteiger partial charge on any atom is -0.461 e. The number of hydrogen-bond acceptors (Lipinski definition) is 4. The summed E-state index contributed by atoms with van der Waals surface area (Å²) in [5.41, 5.74) is 0.993. The van der Waals surface area contributed by atoms with Crippen molar-refractivity contribution < 1.29 is 14.6 Å². The number of rotatable bonds is 9. The number of hydrogen-bond donors (Lipinski definition) is 2. The van der Waals surface area contributed by atoms with Crippen LogP contribution in [0.2, 0.25) is 0 Å². The second-order valence-corrected chi connectivity index (χ2v) is 5.02. The molecule has 2 unspecified atom stereocenters. The molecule has 0 spiro atoms. The highest BCUT2D eigenvalue weighted by molar-refractivity contribution is 5.72. The van der Waals surface area contributed by atoms with E-state index in [-0.39, 0.29) is 24.5 Å². The van der Waals surface area contributed by atoms with E-state index in [0.29, 0.717) is 19.6 Å². The Hall–Kier alpha value is -1.39. The average Bonchev–Trinajstić information content (AvgIpc) is 2.49. The molecule has 20 heavy (non-hydrogen) atoms. The molecule has 0 bridgehead atoms. The Bertz CT molecular complexity index is 381. The van der Waals surface area contributed by atoms with Gasteiger partial charge in [0.1, 0.15) is 6.61 Å². The zero-order valence-electron chi connectivity index (χ0n) is 12.3. The quantitative estimate of drug-likeness (QED) is 0.680. The van der Waals surface area contributed by atoms with E-state index >= 15 is 0 Å². The first-order valence-corrected chi connectivity index (χ1v) is 7.22. The standard InChI is InChI=1S/C16H25NO3/c1-3-15(9-10-18)17-11-13(2)16(19)20-12-14-7-5-4-6-8-14/h4-8,13,15,17-18H,3,9-12H2,1-2H3. The Morgan fingerprint density at radius 1 is 1.35 bits per heavy atom. The van der Waals surface area contributed by atoms with Crippen molar-refractivity contribution in [3.05, 3.63) is 35.9 Å². The lowest BCUT2D eigenvalue weighted by atomic mass is 10.1. The van der Waals surface area contributed by atoms with Crippen LogP contribution in [0.3, 0.4) is 0 Å². The van der Waals surface area contributed by atoms with Crippen LogP contribution in [0.4, 0.5) is 0 Å². The van der Waals surface area contributed by atoms with Gasteiger partial charge in [-0.05, 0) is 18.4 Å². The molecule has 1 aromatic rings. The Morgan fingerprint density at radius 3 is 2.65 bits per heavy atom. The van der Waals surface area contributed by atoms with Crippen molar-refractivity contribution in [1.82, 2.24) is 5.32 Å². The van der Waals surface area contributed by atoms with E-state index in [2.05, 4.69) is 12.2 Å². The molecule has 0 aliphatic rings. The normalized spacial score (nSPS) is 13.8. The molecule has 0 amide bonds. The van der Waals surface area contributed by atoms with Gasteiger partial charge < -0.3 is 15.2 Å². The molecule has 4 nitrogen and oxygen atoms in total. The predicted molar refractivity (Wildman–Crippen MR) is 79.2 cm³/mol. The summed E-state index contributed by atoms with van der Waals surface area (Å²) < 4.78 is 5.29. The van der Waals surface area contributed by atoms with Gasteiger partial charge in [0.25, 0.3) is 0 Å². The number of aliphatic hydroxyl groups is 1. The molecule has 0 heterocycles. The summed E-state index contributed by atoms with van der Waals surface area (Å²) in [6.45, 7) is 4.97. The van der Waals surface area contributed by atoms with Crippen LogP contribution < -0.4 is 5.32 Å². The first-order chi connectivity index (χ1) is 9.67. The van der Waals surface area contributed by atoms with Gasteiger partial charge in [-0.3, -0.25) is 4.79 Å². The third-order valence-corrected chi connectivity index (χ3v) is 3.31. The SMILES string of the molecule is CCC(CCO)NCC(C)C(=O)OCc1ccccc1. The molecule has 2 N–H and O–H groups in total. The zero-order valence-corrected chi connectivity index (χ0v) is 12.3. The molecule has 0 aliphatic heterocycles. The second kappa shape index (κ2) is 9.50. The fourth-order valence-electron chi connectivity index (χ4n) is 1.90. The van der Waals surface area contributed by atoms with Gasteiger partial charge in [0, 0.05) is 19.2 Å². The molecule has 4 heteroatoms. The van der Waals surface area contributed by atoms with Crippen LogP contribution in [0, 0.1) is 5.92 Å². The summed E-state index contributed by atoms with van der Waals surface area (Å²) in [6, 6.07) is 9.91. The monoisotopic (exact) mass is 279 g/mol. The number of benzene rings is 1. The van der Waals surface area contributed by atoms with Crippen molar-refractivity contribution in [3.63, 3.8) is 0 Å². The molecule has 0 aliphatic carbocycles. The maximum Gasteiger partial charge on any atom is 0.310 e. The van der Waals surface area contributed by atoms with Crippen molar-refractivity contribution in [2.75, 3.05) is 13.2 Å². The third kappa shape index (κ3) is 6.17. The molecular formula is C16H25NO3. The summed E-state index contributed by atoms with van der Waals surface area (Å²) in [7, 11) is 0. The van der Waals surface area contributed by atoms with E-state index in [1.807, 2.05) is 37.3 Å². The average molecular weight is 279 g/mol. The Labute approximate surface area is 121 Å². The smallest absolute Gasteiger partial charge is 0.310 e. The van der Waals surface area contributed by atoms with Crippen LogP contribution in [0.5, 0.6) is 0 Å². The Kier molecular flexibility index (Phi) is 7.92. The lowest BCUT2D eigenvalue weighted by Gasteiger charge is -2.18. The highest BCUT2D eigenvalue weighted by Gasteiger charge is 2.16. The summed E-state index contributed by atoms with van der Waals surface area (Å²) in [5.74, 6) is -0.383. The molecule has 0 saturated carbocycles. The molecule has 2 atom stereocenters. The van der Waals surface area contributed by atoms with Crippen molar-refractivity contribution in [2.24, 2.45) is 5.92 Å². The maximum absolute atomic E-state index is 11.9. The highest BCUT2D eigenvalue weighted by atomic mass is 16.5. The van der Waals surface area contributed by atoms with Crippen molar-refractivity contribution >= 4 is 5.97 Å². The van der Waals surface area contributed by atoms with Gasteiger partial charge in [0.15, 0.2) is 0 Å². The minimum absolute atomic E-state index is 0.165. The summed E-state index contributed by atoms with van der Waals surface area (Å²) in [4.78, 5) is 11.9. The van der Waals surface area contributed by atoms with E-state index in [4.69, 9.17) is 9.84 Å². The summed E-state index contributed by atoms with van der Waals surface area (Å²) in [5, 5.41) is 12.2. The molecule has 0 fully saturated rings. The first kappa shape index (κ1) is 16.7. The van der Waals surface area contributed by atoms with E-state index in [1.54, 1.807) is 0 Å². The Balaban J connectivity index is 2.28. The maximum atomic E-state index is 11.9. The van der Waals surface area contributed by atoms with Crippen LogP contribution in [-0.4, -0.2) is 30.3 Å². The predicted octanol–water partition coefficient (Wildman–Crippen LogP) is 2.12. The minimum atomic E-state index is -0.194. The van der Waals surface area contributed by atoms with Gasteiger partial charge in [0.2, 0.25) is 0 Å². The number of ether oxygens (including phenoxy) is 1. The van der Waals surface area contributed by atoms with Crippen molar-refractivity contribution in [3.8, 4) is 0 Å². The molecule has 1 aromatic carbocycles. The number of nitrogens with one attached hydrogen (secondary N) is 1. The van der Waals surface area contributed by atoms with Crippen LogP contribution in [0.1, 0.15) is 32.3 Å². The van der Waals surface area contributed by atoms with Crippen LogP contribution in [0.15, 0.2) is 30.3 Å². The molecule has 0 aromatic heterocycles. The van der Waals surface area contributed by atoms with Gasteiger partial charge >= 0.3 is 5.97 Å². The molecule has 0 saturated heterocycles. The first-order valence-electron chi connectivity index (χ1n) is 7.22. The largest absolute Gasteiger partial charge is 0.461 e. The number of carbonyl (C=O) groups is 1. The summed E-state index contributed by atoms with van der Waals surface area (Å²) in [6.07, 6.45) is 1.65. The van der Waals surface area contributed by atoms with Crippen LogP contribution in [-0.2, 0) is 16.1 Å². The van der Waals surface area contributed by atoms with Gasteiger partial charge in [-0.2, -0.15) is 0 Å². The van der Waals surface area contributed by atoms with Crippen LogP contribution >= 0.6 is 0 Å². The van der Waals surface area contributed by atoms with Gasteiger partial charge in [-0.25, -0.2) is 0 Å². The fraction of sp³-hybridized carbons (Fsp3) is 0.562. The number of esters is 1. The fourth-order valence-corrected chi connectivity index (χ4v) is 1.90. The van der Waals surface area contributed by atoms with Gasteiger partial charge in [-0.15, -0.1) is 0 Å². The molecule has 0 radical (unpaired) electrons.